The Morgan fingerprint density at radius 2 is 1.91 bits per heavy atom. The van der Waals surface area contributed by atoms with Crippen molar-refractivity contribution in [3.63, 3.8) is 0 Å². The average Bonchev–Trinajstić information content (AvgIpc) is 2.42. The molecule has 0 aliphatic heterocycles. The van der Waals surface area contributed by atoms with E-state index in [2.05, 4.69) is 36.7 Å². The van der Waals surface area contributed by atoms with E-state index in [1.54, 1.807) is 12.3 Å². The van der Waals surface area contributed by atoms with Gasteiger partial charge in [0.15, 0.2) is 0 Å². The van der Waals surface area contributed by atoms with Crippen LogP contribution in [0.2, 0.25) is 0 Å². The number of hydrogen-bond donors (Lipinski definition) is 0. The zero-order valence-corrected chi connectivity index (χ0v) is 15.1. The molecule has 22 heavy (non-hydrogen) atoms. The van der Waals surface area contributed by atoms with Crippen molar-refractivity contribution in [1.29, 1.82) is 0 Å². The van der Waals surface area contributed by atoms with E-state index in [9.17, 15) is 9.59 Å². The third-order valence-corrected chi connectivity index (χ3v) is 4.91. The average molecular weight is 370 g/mol. The minimum Gasteiger partial charge on any atom is -0.461 e. The van der Waals surface area contributed by atoms with E-state index >= 15 is 0 Å². The Hall–Kier alpha value is -1.10. The second-order valence-electron chi connectivity index (χ2n) is 7.14. The van der Waals surface area contributed by atoms with Crippen LogP contribution in [0, 0.1) is 11.3 Å². The molecule has 0 saturated heterocycles. The molecule has 5 heteroatoms. The summed E-state index contributed by atoms with van der Waals surface area (Å²) in [5.74, 6) is 0.356. The lowest BCUT2D eigenvalue weighted by atomic mass is 9.72. The second kappa shape index (κ2) is 6.99. The molecule has 1 heterocycles. The summed E-state index contributed by atoms with van der Waals surface area (Å²) in [4.78, 5) is 23.7. The summed E-state index contributed by atoms with van der Waals surface area (Å²) >= 11 is 3.30. The van der Waals surface area contributed by atoms with Crippen LogP contribution in [0.5, 0.6) is 0 Å². The predicted octanol–water partition coefficient (Wildman–Crippen LogP) is 3.76. The third kappa shape index (κ3) is 4.70. The Labute approximate surface area is 140 Å². The Bertz CT molecular complexity index is 580. The number of ether oxygens (including phenoxy) is 1. The maximum atomic E-state index is 12.0. The van der Waals surface area contributed by atoms with Crippen LogP contribution in [0.4, 0.5) is 0 Å². The number of nitrogens with zero attached hydrogens (tertiary/aromatic N) is 1. The van der Waals surface area contributed by atoms with E-state index < -0.39 is 0 Å². The molecule has 122 valence electrons. The minimum atomic E-state index is -0.334. The van der Waals surface area contributed by atoms with Gasteiger partial charge in [0.1, 0.15) is 12.6 Å². The number of esters is 1. The zero-order valence-electron chi connectivity index (χ0n) is 13.5. The van der Waals surface area contributed by atoms with Crippen LogP contribution in [0.15, 0.2) is 27.6 Å². The summed E-state index contributed by atoms with van der Waals surface area (Å²) < 4.78 is 7.67. The summed E-state index contributed by atoms with van der Waals surface area (Å²) in [6.45, 7) is 6.77. The maximum absolute atomic E-state index is 12.0. The second-order valence-corrected chi connectivity index (χ2v) is 8.06. The van der Waals surface area contributed by atoms with E-state index in [4.69, 9.17) is 4.74 Å². The first-order valence-corrected chi connectivity index (χ1v) is 8.60. The smallest absolute Gasteiger partial charge is 0.326 e. The van der Waals surface area contributed by atoms with Crippen LogP contribution in [0.1, 0.15) is 46.5 Å². The van der Waals surface area contributed by atoms with Gasteiger partial charge in [0.2, 0.25) is 0 Å². The first-order valence-electron chi connectivity index (χ1n) is 7.81. The molecule has 0 unspecified atom stereocenters. The van der Waals surface area contributed by atoms with Crippen molar-refractivity contribution in [2.45, 2.75) is 59.1 Å². The fraction of sp³-hybridized carbons (Fsp3) is 0.647. The first-order chi connectivity index (χ1) is 10.3. The maximum Gasteiger partial charge on any atom is 0.326 e. The largest absolute Gasteiger partial charge is 0.461 e. The molecule has 1 fully saturated rings. The molecule has 1 saturated carbocycles. The van der Waals surface area contributed by atoms with Crippen LogP contribution < -0.4 is 5.56 Å². The van der Waals surface area contributed by atoms with Crippen LogP contribution in [0.3, 0.4) is 0 Å². The fourth-order valence-corrected chi connectivity index (χ4v) is 3.41. The SMILES string of the molecule is CC(C)(C)C1CCC(OC(=O)Cn2cc(Br)ccc2=O)CC1. The van der Waals surface area contributed by atoms with E-state index in [1.807, 2.05) is 0 Å². The van der Waals surface area contributed by atoms with Crippen molar-refractivity contribution in [3.05, 3.63) is 33.2 Å². The Morgan fingerprint density at radius 1 is 1.27 bits per heavy atom. The number of carbonyl (C=O) groups is 1. The van der Waals surface area contributed by atoms with Gasteiger partial charge in [0.25, 0.3) is 5.56 Å². The quantitative estimate of drug-likeness (QED) is 0.762. The van der Waals surface area contributed by atoms with Crippen molar-refractivity contribution < 1.29 is 9.53 Å². The highest BCUT2D eigenvalue weighted by atomic mass is 79.9. The molecule has 1 aromatic rings. The molecule has 0 atom stereocenters. The van der Waals surface area contributed by atoms with Gasteiger partial charge in [0.05, 0.1) is 0 Å². The van der Waals surface area contributed by atoms with Gasteiger partial charge in [-0.25, -0.2) is 0 Å². The van der Waals surface area contributed by atoms with Gasteiger partial charge in [0, 0.05) is 16.7 Å². The standard InChI is InChI=1S/C17H24BrNO3/c1-17(2,3)12-4-7-14(8-5-12)22-16(21)11-19-10-13(18)6-9-15(19)20/h6,9-10,12,14H,4-5,7-8,11H2,1-3H3. The summed E-state index contributed by atoms with van der Waals surface area (Å²) in [5, 5.41) is 0. The number of halogens is 1. The zero-order chi connectivity index (χ0) is 16.3. The van der Waals surface area contributed by atoms with Gasteiger partial charge in [-0.1, -0.05) is 20.8 Å². The van der Waals surface area contributed by atoms with Gasteiger partial charge in [-0.3, -0.25) is 9.59 Å². The highest BCUT2D eigenvalue weighted by molar-refractivity contribution is 9.10. The van der Waals surface area contributed by atoms with E-state index in [-0.39, 0.29) is 24.2 Å². The van der Waals surface area contributed by atoms with Gasteiger partial charge in [-0.2, -0.15) is 0 Å². The predicted molar refractivity (Wildman–Crippen MR) is 89.7 cm³/mol. The van der Waals surface area contributed by atoms with Gasteiger partial charge in [-0.15, -0.1) is 0 Å². The Balaban J connectivity index is 1.86. The van der Waals surface area contributed by atoms with Crippen LogP contribution in [-0.4, -0.2) is 16.6 Å². The number of carbonyl (C=O) groups excluding carboxylic acids is 1. The summed E-state index contributed by atoms with van der Waals surface area (Å²) in [6.07, 6.45) is 5.63. The molecule has 0 spiro atoms. The highest BCUT2D eigenvalue weighted by Gasteiger charge is 2.31. The molecule has 0 radical (unpaired) electrons. The van der Waals surface area contributed by atoms with Crippen LogP contribution in [-0.2, 0) is 16.1 Å². The summed E-state index contributed by atoms with van der Waals surface area (Å²) in [5.41, 5.74) is 0.120. The lowest BCUT2D eigenvalue weighted by molar-refractivity contribution is -0.152. The van der Waals surface area contributed by atoms with Gasteiger partial charge >= 0.3 is 5.97 Å². The Morgan fingerprint density at radius 3 is 2.50 bits per heavy atom. The number of hydrogen-bond acceptors (Lipinski definition) is 3. The molecular weight excluding hydrogens is 346 g/mol. The topological polar surface area (TPSA) is 48.3 Å². The summed E-state index contributed by atoms with van der Waals surface area (Å²) in [7, 11) is 0. The normalized spacial score (nSPS) is 22.4. The van der Waals surface area contributed by atoms with E-state index in [0.717, 1.165) is 30.2 Å². The number of pyridine rings is 1. The van der Waals surface area contributed by atoms with Crippen LogP contribution in [0.25, 0.3) is 0 Å². The summed E-state index contributed by atoms with van der Waals surface area (Å²) in [6, 6.07) is 3.10. The Kier molecular flexibility index (Phi) is 5.48. The fourth-order valence-electron chi connectivity index (χ4n) is 3.03. The van der Waals surface area contributed by atoms with Crippen molar-refractivity contribution in [2.75, 3.05) is 0 Å². The van der Waals surface area contributed by atoms with Gasteiger partial charge < -0.3 is 9.30 Å². The van der Waals surface area contributed by atoms with E-state index in [1.165, 1.54) is 10.6 Å². The van der Waals surface area contributed by atoms with Crippen molar-refractivity contribution in [3.8, 4) is 0 Å². The molecule has 1 aliphatic carbocycles. The van der Waals surface area contributed by atoms with Crippen LogP contribution >= 0.6 is 15.9 Å². The van der Waals surface area contributed by atoms with E-state index in [0.29, 0.717) is 11.3 Å². The van der Waals surface area contributed by atoms with Crippen molar-refractivity contribution >= 4 is 21.9 Å². The van der Waals surface area contributed by atoms with Crippen molar-refractivity contribution in [2.24, 2.45) is 11.3 Å². The molecule has 2 rings (SSSR count). The number of rotatable bonds is 3. The molecule has 4 nitrogen and oxygen atoms in total. The lowest BCUT2D eigenvalue weighted by Crippen LogP contribution is -2.32. The highest BCUT2D eigenvalue weighted by Crippen LogP contribution is 2.38. The molecular formula is C17H24BrNO3. The molecule has 0 aromatic carbocycles. The monoisotopic (exact) mass is 369 g/mol. The minimum absolute atomic E-state index is 0.00560. The molecule has 0 amide bonds. The lowest BCUT2D eigenvalue weighted by Gasteiger charge is -2.36. The third-order valence-electron chi connectivity index (χ3n) is 4.44. The first kappa shape index (κ1) is 17.3. The molecule has 0 N–H and O–H groups in total. The molecule has 1 aliphatic rings. The van der Waals surface area contributed by atoms with Crippen molar-refractivity contribution in [1.82, 2.24) is 4.57 Å². The molecule has 0 bridgehead atoms. The van der Waals surface area contributed by atoms with Gasteiger partial charge in [-0.05, 0) is 59.0 Å². The molecule has 1 aromatic heterocycles. The number of aromatic nitrogens is 1.